The lowest BCUT2D eigenvalue weighted by atomic mass is 10.1. The van der Waals surface area contributed by atoms with Crippen molar-refractivity contribution >= 4 is 34.2 Å². The van der Waals surface area contributed by atoms with Crippen molar-refractivity contribution in [1.82, 2.24) is 9.88 Å². The number of para-hydroxylation sites is 1. The van der Waals surface area contributed by atoms with Gasteiger partial charge in [0.15, 0.2) is 6.10 Å². The number of piperazine rings is 1. The number of carbonyl (C=O) groups excluding carboxylic acids is 1. The number of hydrogen-bond donors (Lipinski definition) is 0. The van der Waals surface area contributed by atoms with Gasteiger partial charge in [-0.2, -0.15) is 0 Å². The Morgan fingerprint density at radius 3 is 2.43 bits per heavy atom. The number of rotatable bonds is 4. The summed E-state index contributed by atoms with van der Waals surface area (Å²) >= 11 is 5.91. The van der Waals surface area contributed by atoms with Gasteiger partial charge in [0, 0.05) is 36.6 Å². The van der Waals surface area contributed by atoms with Crippen LogP contribution < -0.4 is 9.64 Å². The van der Waals surface area contributed by atoms with Crippen LogP contribution in [0.1, 0.15) is 18.1 Å². The molecule has 0 aliphatic carbocycles. The van der Waals surface area contributed by atoms with E-state index in [1.54, 1.807) is 31.2 Å². The second-order valence-corrected chi connectivity index (χ2v) is 8.23. The molecule has 1 atom stereocenters. The van der Waals surface area contributed by atoms with Crippen LogP contribution in [0.5, 0.6) is 5.75 Å². The summed E-state index contributed by atoms with van der Waals surface area (Å²) in [6, 6.07) is 15.5. The van der Waals surface area contributed by atoms with Gasteiger partial charge in [-0.05, 0) is 62.2 Å². The highest BCUT2D eigenvalue weighted by Gasteiger charge is 2.27. The third-order valence-corrected chi connectivity index (χ3v) is 5.88. The van der Waals surface area contributed by atoms with Crippen LogP contribution in [0.4, 0.5) is 5.82 Å². The SMILES string of the molecule is Cc1cc(N2CCN(C(=O)C(C)Oc3ccc(Cl)cc3)CC2)nc2c(C)cccc12. The number of carbonyl (C=O) groups is 1. The zero-order chi connectivity index (χ0) is 21.3. The normalized spacial score (nSPS) is 15.3. The van der Waals surface area contributed by atoms with Crippen molar-refractivity contribution in [3.8, 4) is 5.75 Å². The molecule has 0 bridgehead atoms. The molecule has 2 aromatic carbocycles. The average molecular weight is 424 g/mol. The van der Waals surface area contributed by atoms with Gasteiger partial charge in [0.2, 0.25) is 0 Å². The van der Waals surface area contributed by atoms with Crippen LogP contribution in [0.3, 0.4) is 0 Å². The van der Waals surface area contributed by atoms with Gasteiger partial charge in [0.05, 0.1) is 5.52 Å². The van der Waals surface area contributed by atoms with E-state index in [1.165, 1.54) is 16.5 Å². The number of aryl methyl sites for hydroxylation is 2. The van der Waals surface area contributed by atoms with Crippen LogP contribution >= 0.6 is 11.6 Å². The van der Waals surface area contributed by atoms with E-state index in [1.807, 2.05) is 4.90 Å². The van der Waals surface area contributed by atoms with Crippen molar-refractivity contribution in [1.29, 1.82) is 0 Å². The summed E-state index contributed by atoms with van der Waals surface area (Å²) in [6.45, 7) is 8.83. The van der Waals surface area contributed by atoms with Gasteiger partial charge in [0.1, 0.15) is 11.6 Å². The van der Waals surface area contributed by atoms with Crippen molar-refractivity contribution in [3.05, 3.63) is 64.7 Å². The first-order valence-corrected chi connectivity index (χ1v) is 10.6. The molecular weight excluding hydrogens is 398 g/mol. The number of benzene rings is 2. The Hall–Kier alpha value is -2.79. The lowest BCUT2D eigenvalue weighted by Gasteiger charge is -2.36. The third kappa shape index (κ3) is 4.21. The lowest BCUT2D eigenvalue weighted by molar-refractivity contribution is -0.138. The Kier molecular flexibility index (Phi) is 5.82. The summed E-state index contributed by atoms with van der Waals surface area (Å²) in [5, 5.41) is 1.84. The summed E-state index contributed by atoms with van der Waals surface area (Å²) in [5.41, 5.74) is 3.46. The smallest absolute Gasteiger partial charge is 0.263 e. The maximum absolute atomic E-state index is 12.8. The first kappa shape index (κ1) is 20.5. The van der Waals surface area contributed by atoms with E-state index in [4.69, 9.17) is 21.3 Å². The fourth-order valence-electron chi connectivity index (χ4n) is 3.89. The Morgan fingerprint density at radius 1 is 1.03 bits per heavy atom. The molecule has 30 heavy (non-hydrogen) atoms. The van der Waals surface area contributed by atoms with E-state index in [2.05, 4.69) is 43.0 Å². The number of anilines is 1. The van der Waals surface area contributed by atoms with E-state index in [9.17, 15) is 4.79 Å². The predicted molar refractivity (Wildman–Crippen MR) is 122 cm³/mol. The highest BCUT2D eigenvalue weighted by Crippen LogP contribution is 2.25. The standard InChI is InChI=1S/C24H26ClN3O2/c1-16-5-4-6-21-17(2)15-22(26-23(16)21)27-11-13-28(14-12-27)24(29)18(3)30-20-9-7-19(25)8-10-20/h4-10,15,18H,11-14H2,1-3H3. The molecule has 4 rings (SSSR count). The van der Waals surface area contributed by atoms with E-state index in [-0.39, 0.29) is 5.91 Å². The molecule has 0 radical (unpaired) electrons. The summed E-state index contributed by atoms with van der Waals surface area (Å²) in [7, 11) is 0. The van der Waals surface area contributed by atoms with Crippen LogP contribution in [0, 0.1) is 13.8 Å². The van der Waals surface area contributed by atoms with Gasteiger partial charge < -0.3 is 14.5 Å². The summed E-state index contributed by atoms with van der Waals surface area (Å²) in [4.78, 5) is 21.9. The number of ether oxygens (including phenoxy) is 1. The van der Waals surface area contributed by atoms with Crippen LogP contribution in [0.2, 0.25) is 5.02 Å². The van der Waals surface area contributed by atoms with Crippen LogP contribution in [-0.4, -0.2) is 48.1 Å². The lowest BCUT2D eigenvalue weighted by Crippen LogP contribution is -2.52. The molecule has 1 amide bonds. The van der Waals surface area contributed by atoms with Crippen LogP contribution in [-0.2, 0) is 4.79 Å². The fourth-order valence-corrected chi connectivity index (χ4v) is 4.01. The van der Waals surface area contributed by atoms with E-state index >= 15 is 0 Å². The fraction of sp³-hybridized carbons (Fsp3) is 0.333. The zero-order valence-electron chi connectivity index (χ0n) is 17.6. The number of hydrogen-bond acceptors (Lipinski definition) is 4. The molecule has 1 aliphatic rings. The third-order valence-electron chi connectivity index (χ3n) is 5.62. The molecule has 1 saturated heterocycles. The second-order valence-electron chi connectivity index (χ2n) is 7.79. The quantitative estimate of drug-likeness (QED) is 0.614. The number of nitrogens with zero attached hydrogens (tertiary/aromatic N) is 3. The number of pyridine rings is 1. The van der Waals surface area contributed by atoms with Gasteiger partial charge >= 0.3 is 0 Å². The highest BCUT2D eigenvalue weighted by molar-refractivity contribution is 6.30. The average Bonchev–Trinajstić information content (AvgIpc) is 2.75. The van der Waals surface area contributed by atoms with E-state index in [0.29, 0.717) is 23.9 Å². The Labute approximate surface area is 182 Å². The van der Waals surface area contributed by atoms with Gasteiger partial charge in [-0.1, -0.05) is 29.8 Å². The topological polar surface area (TPSA) is 45.7 Å². The Balaban J connectivity index is 1.41. The molecule has 5 nitrogen and oxygen atoms in total. The van der Waals surface area contributed by atoms with E-state index in [0.717, 1.165) is 24.4 Å². The summed E-state index contributed by atoms with van der Waals surface area (Å²) in [6.07, 6.45) is -0.540. The minimum Gasteiger partial charge on any atom is -0.481 e. The summed E-state index contributed by atoms with van der Waals surface area (Å²) < 4.78 is 5.80. The van der Waals surface area contributed by atoms with Gasteiger partial charge in [-0.15, -0.1) is 0 Å². The molecule has 6 heteroatoms. The highest BCUT2D eigenvalue weighted by atomic mass is 35.5. The van der Waals surface area contributed by atoms with Gasteiger partial charge in [-0.3, -0.25) is 4.79 Å². The summed E-state index contributed by atoms with van der Waals surface area (Å²) in [5.74, 6) is 1.63. The van der Waals surface area contributed by atoms with E-state index < -0.39 is 6.10 Å². The molecule has 0 spiro atoms. The zero-order valence-corrected chi connectivity index (χ0v) is 18.3. The minimum absolute atomic E-state index is 0.00287. The first-order chi connectivity index (χ1) is 14.4. The van der Waals surface area contributed by atoms with Crippen molar-refractivity contribution in [3.63, 3.8) is 0 Å². The molecule has 1 fully saturated rings. The van der Waals surface area contributed by atoms with Crippen LogP contribution in [0.25, 0.3) is 10.9 Å². The number of aromatic nitrogens is 1. The van der Waals surface area contributed by atoms with Crippen molar-refractivity contribution in [2.75, 3.05) is 31.1 Å². The van der Waals surface area contributed by atoms with Crippen molar-refractivity contribution in [2.45, 2.75) is 26.9 Å². The first-order valence-electron chi connectivity index (χ1n) is 10.3. The molecule has 2 heterocycles. The minimum atomic E-state index is -0.540. The van der Waals surface area contributed by atoms with Gasteiger partial charge in [0.25, 0.3) is 5.91 Å². The maximum Gasteiger partial charge on any atom is 0.263 e. The van der Waals surface area contributed by atoms with Gasteiger partial charge in [-0.25, -0.2) is 4.98 Å². The monoisotopic (exact) mass is 423 g/mol. The number of fused-ring (bicyclic) bond motifs is 1. The largest absolute Gasteiger partial charge is 0.481 e. The second kappa shape index (κ2) is 8.52. The number of halogens is 1. The molecule has 1 aliphatic heterocycles. The molecule has 0 N–H and O–H groups in total. The Bertz CT molecular complexity index is 1060. The predicted octanol–water partition coefficient (Wildman–Crippen LogP) is 4.62. The van der Waals surface area contributed by atoms with Crippen LogP contribution in [0.15, 0.2) is 48.5 Å². The van der Waals surface area contributed by atoms with Crippen molar-refractivity contribution in [2.24, 2.45) is 0 Å². The molecular formula is C24H26ClN3O2. The number of amides is 1. The molecule has 1 unspecified atom stereocenters. The molecule has 156 valence electrons. The molecule has 1 aromatic heterocycles. The molecule has 0 saturated carbocycles. The van der Waals surface area contributed by atoms with Crippen molar-refractivity contribution < 1.29 is 9.53 Å². The Morgan fingerprint density at radius 2 is 1.73 bits per heavy atom. The maximum atomic E-state index is 12.8. The molecule has 3 aromatic rings.